The molecular weight excluding hydrogens is 251 g/mol. The molecule has 0 aliphatic heterocycles. The molecule has 0 amide bonds. The van der Waals surface area contributed by atoms with Crippen LogP contribution in [0, 0.1) is 0 Å². The summed E-state index contributed by atoms with van der Waals surface area (Å²) in [4.78, 5) is 14.8. The van der Waals surface area contributed by atoms with Gasteiger partial charge in [-0.25, -0.2) is 9.78 Å². The van der Waals surface area contributed by atoms with Crippen LogP contribution in [0.1, 0.15) is 10.4 Å². The molecular formula is C10H8Cl2N2O2. The smallest absolute Gasteiger partial charge is 0.337 e. The van der Waals surface area contributed by atoms with Gasteiger partial charge in [0.1, 0.15) is 0 Å². The Hall–Kier alpha value is -1.52. The Morgan fingerprint density at radius 1 is 1.44 bits per heavy atom. The van der Waals surface area contributed by atoms with Crippen LogP contribution in [0.2, 0.25) is 5.02 Å². The van der Waals surface area contributed by atoms with E-state index in [9.17, 15) is 4.79 Å². The molecule has 0 aliphatic carbocycles. The van der Waals surface area contributed by atoms with Crippen LogP contribution in [0.3, 0.4) is 0 Å². The second-order valence-electron chi connectivity index (χ2n) is 2.94. The molecule has 0 spiro atoms. The summed E-state index contributed by atoms with van der Waals surface area (Å²) in [6.07, 6.45) is 4.80. The number of rotatable bonds is 2. The monoisotopic (exact) mass is 258 g/mol. The van der Waals surface area contributed by atoms with Crippen molar-refractivity contribution in [2.45, 2.75) is 0 Å². The molecule has 6 heteroatoms. The molecule has 0 saturated heterocycles. The number of nitrogens with zero attached hydrogens (tertiary/aromatic N) is 2. The normalized spacial score (nSPS) is 9.56. The fourth-order valence-corrected chi connectivity index (χ4v) is 1.48. The third-order valence-electron chi connectivity index (χ3n) is 1.97. The standard InChI is InChI=1S/C10H7ClN2O2.ClH/c11-7-1-2-9(8(5-7)10(14)15)13-4-3-12-6-13;/h1-6H,(H,14,15);1H. The van der Waals surface area contributed by atoms with Crippen molar-refractivity contribution >= 4 is 30.0 Å². The van der Waals surface area contributed by atoms with E-state index in [2.05, 4.69) is 4.98 Å². The number of carboxylic acid groups (broad SMARTS) is 1. The molecule has 0 fully saturated rings. The van der Waals surface area contributed by atoms with Crippen molar-refractivity contribution in [3.63, 3.8) is 0 Å². The molecule has 16 heavy (non-hydrogen) atoms. The van der Waals surface area contributed by atoms with Gasteiger partial charge in [0.15, 0.2) is 0 Å². The van der Waals surface area contributed by atoms with Crippen LogP contribution in [0.4, 0.5) is 0 Å². The first kappa shape index (κ1) is 12.5. The van der Waals surface area contributed by atoms with E-state index in [0.29, 0.717) is 10.7 Å². The van der Waals surface area contributed by atoms with Gasteiger partial charge >= 0.3 is 5.97 Å². The van der Waals surface area contributed by atoms with Crippen LogP contribution in [0.15, 0.2) is 36.9 Å². The molecule has 0 radical (unpaired) electrons. The van der Waals surface area contributed by atoms with Crippen LogP contribution in [0.25, 0.3) is 5.69 Å². The predicted molar refractivity (Wildman–Crippen MR) is 62.8 cm³/mol. The molecule has 2 aromatic rings. The van der Waals surface area contributed by atoms with Gasteiger partial charge in [0, 0.05) is 17.4 Å². The van der Waals surface area contributed by atoms with Gasteiger partial charge in [-0.15, -0.1) is 12.4 Å². The number of hydrogen-bond acceptors (Lipinski definition) is 2. The van der Waals surface area contributed by atoms with Gasteiger partial charge in [-0.3, -0.25) is 0 Å². The van der Waals surface area contributed by atoms with E-state index >= 15 is 0 Å². The summed E-state index contributed by atoms with van der Waals surface area (Å²) in [6.45, 7) is 0. The minimum Gasteiger partial charge on any atom is -0.478 e. The Morgan fingerprint density at radius 2 is 2.19 bits per heavy atom. The topological polar surface area (TPSA) is 55.1 Å². The van der Waals surface area contributed by atoms with Gasteiger partial charge in [-0.05, 0) is 18.2 Å². The number of imidazole rings is 1. The number of benzene rings is 1. The summed E-state index contributed by atoms with van der Waals surface area (Å²) < 4.78 is 1.62. The molecule has 0 unspecified atom stereocenters. The lowest BCUT2D eigenvalue weighted by atomic mass is 10.2. The summed E-state index contributed by atoms with van der Waals surface area (Å²) >= 11 is 5.73. The Balaban J connectivity index is 0.00000128. The Morgan fingerprint density at radius 3 is 2.75 bits per heavy atom. The maximum absolute atomic E-state index is 11.0. The van der Waals surface area contributed by atoms with Crippen molar-refractivity contribution in [1.29, 1.82) is 0 Å². The summed E-state index contributed by atoms with van der Waals surface area (Å²) in [6, 6.07) is 4.70. The molecule has 0 saturated carbocycles. The van der Waals surface area contributed by atoms with Crippen molar-refractivity contribution in [1.82, 2.24) is 9.55 Å². The molecule has 0 aliphatic rings. The number of halogens is 2. The van der Waals surface area contributed by atoms with Crippen molar-refractivity contribution in [3.05, 3.63) is 47.5 Å². The second kappa shape index (κ2) is 5.01. The van der Waals surface area contributed by atoms with E-state index in [1.165, 1.54) is 12.4 Å². The SMILES string of the molecule is Cl.O=C(O)c1cc(Cl)ccc1-n1ccnc1. The first-order valence-corrected chi connectivity index (χ1v) is 4.57. The Bertz CT molecular complexity index is 498. The number of carboxylic acids is 1. The number of carbonyl (C=O) groups is 1. The van der Waals surface area contributed by atoms with E-state index in [1.54, 1.807) is 29.1 Å². The van der Waals surface area contributed by atoms with Gasteiger partial charge in [-0.2, -0.15) is 0 Å². The van der Waals surface area contributed by atoms with Crippen LogP contribution >= 0.6 is 24.0 Å². The third-order valence-corrected chi connectivity index (χ3v) is 2.21. The van der Waals surface area contributed by atoms with Gasteiger partial charge in [0.05, 0.1) is 17.6 Å². The molecule has 1 N–H and O–H groups in total. The van der Waals surface area contributed by atoms with Crippen LogP contribution in [0.5, 0.6) is 0 Å². The molecule has 4 nitrogen and oxygen atoms in total. The minimum atomic E-state index is -1.01. The Kier molecular flexibility index (Phi) is 3.93. The fourth-order valence-electron chi connectivity index (χ4n) is 1.31. The van der Waals surface area contributed by atoms with Crippen molar-refractivity contribution in [3.8, 4) is 5.69 Å². The molecule has 1 aromatic carbocycles. The predicted octanol–water partition coefficient (Wildman–Crippen LogP) is 2.65. The average molecular weight is 259 g/mol. The lowest BCUT2D eigenvalue weighted by Gasteiger charge is -2.06. The van der Waals surface area contributed by atoms with Crippen molar-refractivity contribution in [2.24, 2.45) is 0 Å². The van der Waals surface area contributed by atoms with Gasteiger partial charge in [-0.1, -0.05) is 11.6 Å². The third kappa shape index (κ3) is 2.35. The van der Waals surface area contributed by atoms with Crippen LogP contribution in [-0.4, -0.2) is 20.6 Å². The first-order valence-electron chi connectivity index (χ1n) is 4.19. The lowest BCUT2D eigenvalue weighted by molar-refractivity contribution is 0.0697. The highest BCUT2D eigenvalue weighted by Crippen LogP contribution is 2.19. The van der Waals surface area contributed by atoms with Crippen molar-refractivity contribution < 1.29 is 9.90 Å². The highest BCUT2D eigenvalue weighted by Gasteiger charge is 2.11. The number of aromatic carboxylic acids is 1. The van der Waals surface area contributed by atoms with Crippen molar-refractivity contribution in [2.75, 3.05) is 0 Å². The summed E-state index contributed by atoms with van der Waals surface area (Å²) in [7, 11) is 0. The van der Waals surface area contributed by atoms with E-state index in [-0.39, 0.29) is 18.0 Å². The molecule has 1 heterocycles. The molecule has 84 valence electrons. The average Bonchev–Trinajstić information content (AvgIpc) is 2.70. The second-order valence-corrected chi connectivity index (χ2v) is 3.37. The minimum absolute atomic E-state index is 0. The molecule has 1 aromatic heterocycles. The highest BCUT2D eigenvalue weighted by molar-refractivity contribution is 6.31. The number of hydrogen-bond donors (Lipinski definition) is 1. The molecule has 0 bridgehead atoms. The maximum atomic E-state index is 11.0. The van der Waals surface area contributed by atoms with E-state index in [1.807, 2.05) is 0 Å². The highest BCUT2D eigenvalue weighted by atomic mass is 35.5. The lowest BCUT2D eigenvalue weighted by Crippen LogP contribution is -2.03. The maximum Gasteiger partial charge on any atom is 0.337 e. The Labute approximate surface area is 103 Å². The summed E-state index contributed by atoms with van der Waals surface area (Å²) in [5.41, 5.74) is 0.699. The summed E-state index contributed by atoms with van der Waals surface area (Å²) in [5, 5.41) is 9.40. The molecule has 0 atom stereocenters. The number of aromatic nitrogens is 2. The van der Waals surface area contributed by atoms with Gasteiger partial charge < -0.3 is 9.67 Å². The van der Waals surface area contributed by atoms with Crippen LogP contribution < -0.4 is 0 Å². The zero-order valence-electron chi connectivity index (χ0n) is 8.00. The van der Waals surface area contributed by atoms with Gasteiger partial charge in [0.2, 0.25) is 0 Å². The zero-order valence-corrected chi connectivity index (χ0v) is 9.57. The van der Waals surface area contributed by atoms with E-state index in [4.69, 9.17) is 16.7 Å². The first-order chi connectivity index (χ1) is 7.18. The largest absolute Gasteiger partial charge is 0.478 e. The van der Waals surface area contributed by atoms with E-state index in [0.717, 1.165) is 0 Å². The fraction of sp³-hybridized carbons (Fsp3) is 0. The summed E-state index contributed by atoms with van der Waals surface area (Å²) in [5.74, 6) is -1.01. The van der Waals surface area contributed by atoms with E-state index < -0.39 is 5.97 Å². The van der Waals surface area contributed by atoms with Crippen LogP contribution in [-0.2, 0) is 0 Å². The quantitative estimate of drug-likeness (QED) is 0.901. The zero-order chi connectivity index (χ0) is 10.8. The molecule has 2 rings (SSSR count). The van der Waals surface area contributed by atoms with Gasteiger partial charge in [0.25, 0.3) is 0 Å².